The van der Waals surface area contributed by atoms with E-state index in [4.69, 9.17) is 4.42 Å². The highest BCUT2D eigenvalue weighted by Crippen LogP contribution is 2.20. The lowest BCUT2D eigenvalue weighted by Gasteiger charge is -2.33. The molecule has 2 heterocycles. The van der Waals surface area contributed by atoms with Gasteiger partial charge in [0.05, 0.1) is 4.90 Å². The third kappa shape index (κ3) is 3.96. The van der Waals surface area contributed by atoms with E-state index in [0.717, 1.165) is 16.4 Å². The maximum Gasteiger partial charge on any atom is 0.246 e. The van der Waals surface area contributed by atoms with Crippen molar-refractivity contribution in [3.05, 3.63) is 66.1 Å². The number of carbonyl (C=O) groups excluding carboxylic acids is 1. The van der Waals surface area contributed by atoms with Gasteiger partial charge in [-0.15, -0.1) is 0 Å². The van der Waals surface area contributed by atoms with Gasteiger partial charge in [-0.25, -0.2) is 22.2 Å². The van der Waals surface area contributed by atoms with Crippen LogP contribution in [0.4, 0.5) is 8.78 Å². The number of amides is 1. The smallest absolute Gasteiger partial charge is 0.246 e. The highest BCUT2D eigenvalue weighted by Gasteiger charge is 2.30. The molecule has 0 bridgehead atoms. The summed E-state index contributed by atoms with van der Waals surface area (Å²) < 4.78 is 58.4. The number of para-hydroxylation sites is 2. The largest absolute Gasteiger partial charge is 0.437 e. The fourth-order valence-electron chi connectivity index (χ4n) is 3.14. The second-order valence-electron chi connectivity index (χ2n) is 6.66. The van der Waals surface area contributed by atoms with Crippen LogP contribution < -0.4 is 0 Å². The van der Waals surface area contributed by atoms with Crippen LogP contribution in [0.2, 0.25) is 0 Å². The number of rotatable bonds is 4. The van der Waals surface area contributed by atoms with Crippen molar-refractivity contribution in [2.45, 2.75) is 4.90 Å². The van der Waals surface area contributed by atoms with Crippen LogP contribution in [0.5, 0.6) is 0 Å². The zero-order valence-corrected chi connectivity index (χ0v) is 16.5. The Balaban J connectivity index is 1.39. The average molecular weight is 433 g/mol. The first kappa shape index (κ1) is 20.2. The third-order valence-electron chi connectivity index (χ3n) is 4.76. The van der Waals surface area contributed by atoms with Gasteiger partial charge >= 0.3 is 0 Å². The lowest BCUT2D eigenvalue weighted by atomic mass is 10.3. The van der Waals surface area contributed by atoms with E-state index < -0.39 is 21.7 Å². The number of carbonyl (C=O) groups is 1. The first-order valence-electron chi connectivity index (χ1n) is 9.12. The minimum Gasteiger partial charge on any atom is -0.437 e. The second kappa shape index (κ2) is 7.96. The minimum atomic E-state index is -3.97. The van der Waals surface area contributed by atoms with Crippen molar-refractivity contribution in [1.82, 2.24) is 14.2 Å². The molecular formula is C20H17F2N3O4S. The Kier molecular flexibility index (Phi) is 5.35. The van der Waals surface area contributed by atoms with E-state index >= 15 is 0 Å². The molecule has 1 saturated heterocycles. The molecule has 156 valence electrons. The summed E-state index contributed by atoms with van der Waals surface area (Å²) in [4.78, 5) is 17.8. The van der Waals surface area contributed by atoms with E-state index in [0.29, 0.717) is 23.1 Å². The van der Waals surface area contributed by atoms with Gasteiger partial charge in [-0.1, -0.05) is 12.1 Å². The van der Waals surface area contributed by atoms with E-state index in [1.54, 1.807) is 12.1 Å². The van der Waals surface area contributed by atoms with Crippen LogP contribution in [0.25, 0.3) is 17.2 Å². The zero-order chi connectivity index (χ0) is 21.3. The summed E-state index contributed by atoms with van der Waals surface area (Å²) in [5.41, 5.74) is 1.29. The molecule has 1 aliphatic heterocycles. The van der Waals surface area contributed by atoms with Gasteiger partial charge in [0, 0.05) is 38.3 Å². The van der Waals surface area contributed by atoms with Crippen LogP contribution >= 0.6 is 0 Å². The Morgan fingerprint density at radius 1 is 1.03 bits per heavy atom. The molecule has 0 spiro atoms. The van der Waals surface area contributed by atoms with Crippen molar-refractivity contribution in [2.24, 2.45) is 0 Å². The van der Waals surface area contributed by atoms with Gasteiger partial charge in [0.25, 0.3) is 0 Å². The molecule has 0 aliphatic carbocycles. The predicted molar refractivity (Wildman–Crippen MR) is 105 cm³/mol. The van der Waals surface area contributed by atoms with Crippen LogP contribution in [0.15, 0.2) is 57.9 Å². The molecule has 3 aromatic rings. The molecule has 10 heteroatoms. The molecule has 0 atom stereocenters. The minimum absolute atomic E-state index is 0.0454. The summed E-state index contributed by atoms with van der Waals surface area (Å²) in [6, 6.07) is 9.68. The summed E-state index contributed by atoms with van der Waals surface area (Å²) in [5, 5.41) is 0. The molecule has 1 fully saturated rings. The molecule has 0 unspecified atom stereocenters. The van der Waals surface area contributed by atoms with E-state index in [2.05, 4.69) is 4.98 Å². The van der Waals surface area contributed by atoms with Gasteiger partial charge in [0.15, 0.2) is 17.2 Å². The maximum atomic E-state index is 13.4. The first-order chi connectivity index (χ1) is 14.3. The van der Waals surface area contributed by atoms with Gasteiger partial charge in [-0.05, 0) is 30.3 Å². The standard InChI is InChI=1S/C20H17F2N3O4S/c21-15-6-5-14(13-16(15)22)30(27,28)25-11-9-24(10-12-25)20(26)8-7-19-23-17-3-1-2-4-18(17)29-19/h1-8,13H,9-12H2/b8-7+. The Morgan fingerprint density at radius 2 is 1.77 bits per heavy atom. The Hall–Kier alpha value is -3.11. The second-order valence-corrected chi connectivity index (χ2v) is 8.60. The number of fused-ring (bicyclic) bond motifs is 1. The topological polar surface area (TPSA) is 83.7 Å². The molecule has 1 amide bonds. The van der Waals surface area contributed by atoms with Crippen molar-refractivity contribution < 1.29 is 26.4 Å². The molecule has 0 N–H and O–H groups in total. The normalized spacial score (nSPS) is 15.9. The number of benzene rings is 2. The molecule has 1 aromatic heterocycles. The van der Waals surface area contributed by atoms with Gasteiger partial charge in [0.2, 0.25) is 21.8 Å². The average Bonchev–Trinajstić information content (AvgIpc) is 3.17. The predicted octanol–water partition coefficient (Wildman–Crippen LogP) is 2.65. The number of oxazole rings is 1. The van der Waals surface area contributed by atoms with Crippen molar-refractivity contribution in [2.75, 3.05) is 26.2 Å². The maximum absolute atomic E-state index is 13.4. The fourth-order valence-corrected chi connectivity index (χ4v) is 4.58. The van der Waals surface area contributed by atoms with E-state index in [9.17, 15) is 22.0 Å². The summed E-state index contributed by atoms with van der Waals surface area (Å²) in [7, 11) is -3.97. The molecule has 4 rings (SSSR count). The number of hydrogen-bond donors (Lipinski definition) is 0. The number of hydrogen-bond acceptors (Lipinski definition) is 5. The number of halogens is 2. The molecule has 0 radical (unpaired) electrons. The van der Waals surface area contributed by atoms with Gasteiger partial charge < -0.3 is 9.32 Å². The lowest BCUT2D eigenvalue weighted by Crippen LogP contribution is -2.50. The van der Waals surface area contributed by atoms with Crippen molar-refractivity contribution in [1.29, 1.82) is 0 Å². The Bertz CT molecular complexity index is 1200. The van der Waals surface area contributed by atoms with Crippen LogP contribution in [0, 0.1) is 11.6 Å². The summed E-state index contributed by atoms with van der Waals surface area (Å²) in [6.45, 7) is 0.423. The third-order valence-corrected chi connectivity index (χ3v) is 6.65. The van der Waals surface area contributed by atoms with Crippen LogP contribution in [-0.4, -0.2) is 54.7 Å². The summed E-state index contributed by atoms with van der Waals surface area (Å²) in [5.74, 6) is -2.35. The van der Waals surface area contributed by atoms with E-state index in [1.807, 2.05) is 12.1 Å². The van der Waals surface area contributed by atoms with Gasteiger partial charge in [0.1, 0.15) is 5.52 Å². The number of aromatic nitrogens is 1. The fraction of sp³-hybridized carbons (Fsp3) is 0.200. The first-order valence-corrected chi connectivity index (χ1v) is 10.6. The van der Waals surface area contributed by atoms with Crippen LogP contribution in [-0.2, 0) is 14.8 Å². The summed E-state index contributed by atoms with van der Waals surface area (Å²) in [6.07, 6.45) is 2.79. The highest BCUT2D eigenvalue weighted by molar-refractivity contribution is 7.89. The van der Waals surface area contributed by atoms with E-state index in [-0.39, 0.29) is 37.0 Å². The molecule has 1 aliphatic rings. The van der Waals surface area contributed by atoms with Crippen LogP contribution in [0.3, 0.4) is 0 Å². The molecule has 7 nitrogen and oxygen atoms in total. The lowest BCUT2D eigenvalue weighted by molar-refractivity contribution is -0.127. The Morgan fingerprint density at radius 3 is 2.47 bits per heavy atom. The molecular weight excluding hydrogens is 416 g/mol. The van der Waals surface area contributed by atoms with Gasteiger partial charge in [-0.2, -0.15) is 4.31 Å². The molecule has 30 heavy (non-hydrogen) atoms. The summed E-state index contributed by atoms with van der Waals surface area (Å²) >= 11 is 0. The quantitative estimate of drug-likeness (QED) is 0.591. The van der Waals surface area contributed by atoms with Crippen molar-refractivity contribution in [3.63, 3.8) is 0 Å². The molecule has 0 saturated carbocycles. The van der Waals surface area contributed by atoms with E-state index in [1.165, 1.54) is 17.1 Å². The van der Waals surface area contributed by atoms with Gasteiger partial charge in [-0.3, -0.25) is 4.79 Å². The monoisotopic (exact) mass is 433 g/mol. The number of piperazine rings is 1. The zero-order valence-electron chi connectivity index (χ0n) is 15.7. The highest BCUT2D eigenvalue weighted by atomic mass is 32.2. The Labute approximate surface area is 171 Å². The molecule has 2 aromatic carbocycles. The van der Waals surface area contributed by atoms with Crippen molar-refractivity contribution >= 4 is 33.1 Å². The number of sulfonamides is 1. The number of nitrogens with zero attached hydrogens (tertiary/aromatic N) is 3. The van der Waals surface area contributed by atoms with Crippen LogP contribution in [0.1, 0.15) is 5.89 Å². The SMILES string of the molecule is O=C(/C=C/c1nc2ccccc2o1)N1CCN(S(=O)(=O)c2ccc(F)c(F)c2)CC1. The van der Waals surface area contributed by atoms with Crippen molar-refractivity contribution in [3.8, 4) is 0 Å².